The minimum Gasteiger partial charge on any atom is -0.375 e. The van der Waals surface area contributed by atoms with Gasteiger partial charge in [0.15, 0.2) is 5.13 Å². The highest BCUT2D eigenvalue weighted by Gasteiger charge is 2.23. The number of benzene rings is 1. The third-order valence-electron chi connectivity index (χ3n) is 5.41. The van der Waals surface area contributed by atoms with E-state index in [2.05, 4.69) is 20.6 Å². The number of carbonyl (C=O) groups excluding carboxylic acids is 3. The molecule has 166 valence electrons. The van der Waals surface area contributed by atoms with Crippen LogP contribution in [-0.2, 0) is 11.3 Å². The molecule has 1 fully saturated rings. The summed E-state index contributed by atoms with van der Waals surface area (Å²) in [5.41, 5.74) is 7.84. The Kier molecular flexibility index (Phi) is 6.31. The summed E-state index contributed by atoms with van der Waals surface area (Å²) in [6.07, 6.45) is 1.39. The van der Waals surface area contributed by atoms with Crippen molar-refractivity contribution in [1.82, 2.24) is 25.5 Å². The van der Waals surface area contributed by atoms with Gasteiger partial charge in [0.25, 0.3) is 11.8 Å². The second-order valence-corrected chi connectivity index (χ2v) is 8.76. The van der Waals surface area contributed by atoms with Crippen molar-refractivity contribution < 1.29 is 14.4 Å². The molecule has 0 saturated carbocycles. The molecule has 32 heavy (non-hydrogen) atoms. The summed E-state index contributed by atoms with van der Waals surface area (Å²) < 4.78 is 0.958. The van der Waals surface area contributed by atoms with Gasteiger partial charge in [0.2, 0.25) is 5.91 Å². The van der Waals surface area contributed by atoms with Gasteiger partial charge in [-0.1, -0.05) is 23.5 Å². The number of nitrogens with one attached hydrogen (secondary N) is 2. The van der Waals surface area contributed by atoms with E-state index in [1.807, 2.05) is 18.2 Å². The van der Waals surface area contributed by atoms with Gasteiger partial charge in [-0.25, -0.2) is 9.97 Å². The number of nitrogens with two attached hydrogens (primary N) is 1. The second-order valence-electron chi connectivity index (χ2n) is 7.70. The molecule has 4 rings (SSSR count). The molecule has 9 nitrogen and oxygen atoms in total. The van der Waals surface area contributed by atoms with E-state index in [0.29, 0.717) is 37.6 Å². The van der Waals surface area contributed by atoms with Gasteiger partial charge in [0.05, 0.1) is 10.2 Å². The maximum atomic E-state index is 12.6. The predicted molar refractivity (Wildman–Crippen MR) is 122 cm³/mol. The Morgan fingerprint density at radius 2 is 1.81 bits per heavy atom. The number of carbonyl (C=O) groups is 3. The van der Waals surface area contributed by atoms with Crippen molar-refractivity contribution in [3.8, 4) is 0 Å². The summed E-state index contributed by atoms with van der Waals surface area (Å²) in [5, 5.41) is 6.29. The zero-order valence-corrected chi connectivity index (χ0v) is 18.4. The van der Waals surface area contributed by atoms with Gasteiger partial charge >= 0.3 is 0 Å². The third kappa shape index (κ3) is 5.02. The normalized spacial score (nSPS) is 14.3. The first-order valence-corrected chi connectivity index (χ1v) is 11.2. The van der Waals surface area contributed by atoms with Crippen molar-refractivity contribution in [1.29, 1.82) is 0 Å². The number of nitrogen functional groups attached to an aromatic ring is 1. The molecule has 3 heterocycles. The highest BCUT2D eigenvalue weighted by atomic mass is 32.1. The number of nitrogens with zero attached hydrogens (tertiary/aromatic N) is 3. The molecule has 1 aromatic carbocycles. The molecule has 0 atom stereocenters. The summed E-state index contributed by atoms with van der Waals surface area (Å²) in [6, 6.07) is 10.5. The van der Waals surface area contributed by atoms with Gasteiger partial charge in [0, 0.05) is 32.6 Å². The molecule has 10 heteroatoms. The number of thiazole rings is 1. The van der Waals surface area contributed by atoms with E-state index >= 15 is 0 Å². The highest BCUT2D eigenvalue weighted by Crippen LogP contribution is 2.24. The van der Waals surface area contributed by atoms with Crippen LogP contribution in [0.1, 0.15) is 46.3 Å². The maximum Gasteiger partial charge on any atom is 0.270 e. The lowest BCUT2D eigenvalue weighted by molar-refractivity contribution is -0.129. The number of fused-ring (bicyclic) bond motifs is 1. The molecule has 1 saturated heterocycles. The number of likely N-dealkylation sites (tertiary alicyclic amines) is 1. The fourth-order valence-corrected chi connectivity index (χ4v) is 4.45. The molecular formula is C22H24N6O3S. The first kappa shape index (κ1) is 21.7. The van der Waals surface area contributed by atoms with E-state index in [0.717, 1.165) is 15.8 Å². The van der Waals surface area contributed by atoms with Crippen molar-refractivity contribution in [2.45, 2.75) is 32.4 Å². The average molecular weight is 453 g/mol. The molecule has 0 bridgehead atoms. The number of rotatable bonds is 5. The molecule has 0 radical (unpaired) electrons. The quantitative estimate of drug-likeness (QED) is 0.542. The lowest BCUT2D eigenvalue weighted by atomic mass is 10.0. The highest BCUT2D eigenvalue weighted by molar-refractivity contribution is 7.22. The van der Waals surface area contributed by atoms with Crippen molar-refractivity contribution in [3.05, 3.63) is 53.3 Å². The van der Waals surface area contributed by atoms with E-state index in [1.54, 1.807) is 30.0 Å². The van der Waals surface area contributed by atoms with Crippen molar-refractivity contribution in [2.24, 2.45) is 0 Å². The number of anilines is 1. The van der Waals surface area contributed by atoms with E-state index in [4.69, 9.17) is 5.73 Å². The second kappa shape index (κ2) is 9.31. The molecule has 1 aliphatic heterocycles. The van der Waals surface area contributed by atoms with Crippen LogP contribution in [-0.4, -0.2) is 51.7 Å². The minimum atomic E-state index is -0.363. The Labute approximate surface area is 189 Å². The van der Waals surface area contributed by atoms with Crippen LogP contribution in [0.15, 0.2) is 36.4 Å². The van der Waals surface area contributed by atoms with Crippen molar-refractivity contribution in [3.63, 3.8) is 0 Å². The number of amides is 3. The van der Waals surface area contributed by atoms with Gasteiger partial charge in [-0.05, 0) is 42.7 Å². The van der Waals surface area contributed by atoms with Crippen LogP contribution in [0, 0.1) is 0 Å². The monoisotopic (exact) mass is 452 g/mol. The fraction of sp³-hybridized carbons (Fsp3) is 0.318. The lowest BCUT2D eigenvalue weighted by Crippen LogP contribution is -2.46. The van der Waals surface area contributed by atoms with Crippen molar-refractivity contribution in [2.75, 3.05) is 18.8 Å². The summed E-state index contributed by atoms with van der Waals surface area (Å²) in [4.78, 5) is 46.8. The molecular weight excluding hydrogens is 428 g/mol. The molecule has 2 aromatic heterocycles. The van der Waals surface area contributed by atoms with Crippen LogP contribution >= 0.6 is 11.3 Å². The number of piperidine rings is 1. The van der Waals surface area contributed by atoms with E-state index in [-0.39, 0.29) is 35.2 Å². The van der Waals surface area contributed by atoms with Crippen LogP contribution in [0.3, 0.4) is 0 Å². The average Bonchev–Trinajstić information content (AvgIpc) is 3.17. The largest absolute Gasteiger partial charge is 0.375 e. The Bertz CT molecular complexity index is 1170. The summed E-state index contributed by atoms with van der Waals surface area (Å²) in [5.74, 6) is -0.640. The molecule has 0 spiro atoms. The number of aromatic nitrogens is 2. The Balaban J connectivity index is 1.34. The number of hydrogen-bond acceptors (Lipinski definition) is 7. The zero-order valence-electron chi connectivity index (χ0n) is 17.6. The molecule has 0 unspecified atom stereocenters. The van der Waals surface area contributed by atoms with Gasteiger partial charge < -0.3 is 21.3 Å². The van der Waals surface area contributed by atoms with Crippen LogP contribution in [0.5, 0.6) is 0 Å². The van der Waals surface area contributed by atoms with Crippen molar-refractivity contribution >= 4 is 44.4 Å². The third-order valence-corrected chi connectivity index (χ3v) is 6.26. The Morgan fingerprint density at radius 3 is 2.53 bits per heavy atom. The molecule has 4 N–H and O–H groups in total. The van der Waals surface area contributed by atoms with Gasteiger partial charge in [0.1, 0.15) is 11.4 Å². The van der Waals surface area contributed by atoms with E-state index < -0.39 is 0 Å². The summed E-state index contributed by atoms with van der Waals surface area (Å²) in [7, 11) is 0. The first-order valence-electron chi connectivity index (χ1n) is 10.4. The van der Waals surface area contributed by atoms with Crippen LogP contribution in [0.4, 0.5) is 5.13 Å². The summed E-state index contributed by atoms with van der Waals surface area (Å²) >= 11 is 1.40. The first-order chi connectivity index (χ1) is 15.4. The maximum absolute atomic E-state index is 12.6. The van der Waals surface area contributed by atoms with Crippen LogP contribution in [0.2, 0.25) is 0 Å². The lowest BCUT2D eigenvalue weighted by Gasteiger charge is -2.31. The SMILES string of the molecule is CC(=O)N1CCC(NC(=O)c2cccc(C(=O)NCc3ccc4nc(N)sc4c3)n2)CC1. The molecule has 3 aromatic rings. The molecule has 3 amide bonds. The van der Waals surface area contributed by atoms with E-state index in [9.17, 15) is 14.4 Å². The van der Waals surface area contributed by atoms with E-state index in [1.165, 1.54) is 11.3 Å². The standard InChI is InChI=1S/C22H24N6O3S/c1-13(29)28-9-7-15(8-10-28)25-21(31)18-4-2-3-17(26-18)20(30)24-12-14-5-6-16-19(11-14)32-22(23)27-16/h2-6,11,15H,7-10,12H2,1H3,(H2,23,27)(H,24,30)(H,25,31). The number of hydrogen-bond donors (Lipinski definition) is 3. The summed E-state index contributed by atoms with van der Waals surface area (Å²) in [6.45, 7) is 3.11. The predicted octanol–water partition coefficient (Wildman–Crippen LogP) is 1.94. The fourth-order valence-electron chi connectivity index (χ4n) is 3.66. The zero-order chi connectivity index (χ0) is 22.7. The van der Waals surface area contributed by atoms with Gasteiger partial charge in [-0.3, -0.25) is 14.4 Å². The smallest absolute Gasteiger partial charge is 0.270 e. The van der Waals surface area contributed by atoms with Crippen LogP contribution < -0.4 is 16.4 Å². The van der Waals surface area contributed by atoms with Gasteiger partial charge in [-0.15, -0.1) is 0 Å². The van der Waals surface area contributed by atoms with Crippen LogP contribution in [0.25, 0.3) is 10.2 Å². The Morgan fingerprint density at radius 1 is 1.09 bits per heavy atom. The Hall–Kier alpha value is -3.53. The minimum absolute atomic E-state index is 0.0203. The molecule has 0 aliphatic carbocycles. The number of pyridine rings is 1. The molecule has 1 aliphatic rings. The topological polar surface area (TPSA) is 130 Å². The van der Waals surface area contributed by atoms with Gasteiger partial charge in [-0.2, -0.15) is 0 Å².